The molecule has 3 aromatic heterocycles. The van der Waals surface area contributed by atoms with E-state index in [9.17, 15) is 0 Å². The van der Waals surface area contributed by atoms with E-state index < -0.39 is 0 Å². The zero-order valence-electron chi connectivity index (χ0n) is 69.5. The number of pyridine rings is 1. The van der Waals surface area contributed by atoms with Crippen molar-refractivity contribution in [2.45, 2.75) is 145 Å². The number of hydrogen-bond acceptors (Lipinski definition) is 5. The van der Waals surface area contributed by atoms with Crippen molar-refractivity contribution in [2.24, 2.45) is 0 Å². The lowest BCUT2D eigenvalue weighted by Gasteiger charge is -2.06. The van der Waals surface area contributed by atoms with Gasteiger partial charge in [-0.15, -0.1) is 0 Å². The Hall–Kier alpha value is -12.1. The highest BCUT2D eigenvalue weighted by Gasteiger charge is 2.18. The normalized spacial score (nSPS) is 10.1. The molecule has 0 saturated carbocycles. The van der Waals surface area contributed by atoms with Gasteiger partial charge in [0.15, 0.2) is 0 Å². The molecule has 0 saturated heterocycles. The highest BCUT2D eigenvalue weighted by atomic mass is 15.1. The number of nitrogens with zero attached hydrogens (tertiary/aromatic N) is 5. The van der Waals surface area contributed by atoms with E-state index in [0.717, 1.165) is 34.9 Å². The highest BCUT2D eigenvalue weighted by Crippen LogP contribution is 2.37. The van der Waals surface area contributed by atoms with Crippen molar-refractivity contribution < 1.29 is 0 Å². The van der Waals surface area contributed by atoms with Crippen molar-refractivity contribution in [2.75, 3.05) is 0 Å². The van der Waals surface area contributed by atoms with Crippen molar-refractivity contribution in [3.63, 3.8) is 0 Å². The lowest BCUT2D eigenvalue weighted by Crippen LogP contribution is -1.86. The van der Waals surface area contributed by atoms with Crippen molar-refractivity contribution >= 4 is 32.3 Å². The molecular formula is C106H115N5. The summed E-state index contributed by atoms with van der Waals surface area (Å²) in [5.41, 5.74) is 32.0. The molecule has 0 bridgehead atoms. The maximum atomic E-state index is 4.08. The molecule has 5 nitrogen and oxygen atoms in total. The van der Waals surface area contributed by atoms with Gasteiger partial charge in [-0.1, -0.05) is 368 Å². The van der Waals surface area contributed by atoms with Crippen LogP contribution in [0.2, 0.25) is 0 Å². The number of aryl methyl sites for hydroxylation is 16. The number of fused-ring (bicyclic) bond motifs is 7. The summed E-state index contributed by atoms with van der Waals surface area (Å²) in [5, 5.41) is 15.6. The summed E-state index contributed by atoms with van der Waals surface area (Å²) in [5.74, 6) is 0.829. The number of rotatable bonds is 3. The second-order valence-corrected chi connectivity index (χ2v) is 28.2. The van der Waals surface area contributed by atoms with E-state index in [2.05, 4.69) is 380 Å². The molecule has 5 heteroatoms. The molecule has 3 heterocycles. The Morgan fingerprint density at radius 3 is 0.730 bits per heavy atom. The lowest BCUT2D eigenvalue weighted by atomic mass is 9.99. The van der Waals surface area contributed by atoms with E-state index in [4.69, 9.17) is 0 Å². The van der Waals surface area contributed by atoms with E-state index in [1.165, 1.54) is 149 Å². The van der Waals surface area contributed by atoms with Gasteiger partial charge in [0.25, 0.3) is 0 Å². The topological polar surface area (TPSA) is 64.5 Å². The Morgan fingerprint density at radius 1 is 0.198 bits per heavy atom. The van der Waals surface area contributed by atoms with Crippen LogP contribution in [0.4, 0.5) is 0 Å². The molecule has 0 atom stereocenters. The number of hydrogen-bond donors (Lipinski definition) is 0. The van der Waals surface area contributed by atoms with Crippen LogP contribution in [0.1, 0.15) is 128 Å². The van der Waals surface area contributed by atoms with Gasteiger partial charge in [-0.05, 0) is 234 Å². The van der Waals surface area contributed by atoms with Gasteiger partial charge in [0.1, 0.15) is 5.82 Å². The molecule has 111 heavy (non-hydrogen) atoms. The Bertz CT molecular complexity index is 4850. The van der Waals surface area contributed by atoms with Crippen LogP contribution in [0.3, 0.4) is 0 Å². The Balaban J connectivity index is 0.000000176. The zero-order chi connectivity index (χ0) is 80.2. The molecule has 0 aliphatic heterocycles. The summed E-state index contributed by atoms with van der Waals surface area (Å²) >= 11 is 0. The standard InChI is InChI=1S/C20H18.C16H14.C15H14.C14H14.C10H8.C8H10.C7H9N.2C6H8N2.2C2H6/c1-15-3-7-17(8-4-15)19-11-13-20(14-12-19)18-9-5-16(2)6-10-18;1-11-3-7-15-13(9-11)5-6-14-10-12(2)4-8-16(14)15;1-10-3-5-14-12(7-10)9-13-8-11(2)4-6-15(13)14;1-11-3-7-13(8-4-11)14-9-5-12(2)6-10-14;1-2-6-10-8-4-3-7-9(10)5-1;1-7-3-5-8(2)6-4-7;1-6-3-4-7(2)8-5-6;1-5-3-7-6(2)8-4-5;1-5-3-4-6(2)8-7-5;2*1-2/h3-14H,1-2H3;3-10H,1-2H3;3-8H,9H2,1-2H3;3-10H,1-2H3;1-8H;3-6H,1-2H3;3-5H,1-2H3;2*3-4H,1-2H3;2*1-2H3. The zero-order valence-corrected chi connectivity index (χ0v) is 69.5. The molecule has 1 aliphatic rings. The fraction of sp³-hybridized carbons (Fsp3) is 0.198. The first-order chi connectivity index (χ1) is 53.6. The van der Waals surface area contributed by atoms with Crippen LogP contribution < -0.4 is 0 Å². The molecule has 17 rings (SSSR count). The van der Waals surface area contributed by atoms with Gasteiger partial charge in [0.2, 0.25) is 0 Å². The minimum Gasteiger partial charge on any atom is -0.261 e. The minimum atomic E-state index is 0.829. The van der Waals surface area contributed by atoms with Crippen LogP contribution in [0.25, 0.3) is 76.8 Å². The van der Waals surface area contributed by atoms with Gasteiger partial charge in [0.05, 0.1) is 11.4 Å². The molecule has 13 aromatic carbocycles. The largest absolute Gasteiger partial charge is 0.261 e. The van der Waals surface area contributed by atoms with Crippen LogP contribution in [0.15, 0.2) is 322 Å². The van der Waals surface area contributed by atoms with Gasteiger partial charge in [0, 0.05) is 24.3 Å². The second kappa shape index (κ2) is 45.1. The molecule has 0 radical (unpaired) electrons. The number of benzene rings is 13. The Kier molecular flexibility index (Phi) is 35.0. The quantitative estimate of drug-likeness (QED) is 0.165. The average molecular weight is 1460 g/mol. The van der Waals surface area contributed by atoms with Crippen LogP contribution >= 0.6 is 0 Å². The van der Waals surface area contributed by atoms with Crippen LogP contribution in [0, 0.1) is 111 Å². The Morgan fingerprint density at radius 2 is 0.450 bits per heavy atom. The lowest BCUT2D eigenvalue weighted by molar-refractivity contribution is 0.941. The van der Waals surface area contributed by atoms with E-state index in [1.54, 1.807) is 0 Å². The predicted octanol–water partition coefficient (Wildman–Crippen LogP) is 29.2. The molecule has 0 fully saturated rings. The Labute approximate surface area is 665 Å². The summed E-state index contributed by atoms with van der Waals surface area (Å²) in [4.78, 5) is 12.0. The highest BCUT2D eigenvalue weighted by molar-refractivity contribution is 6.07. The van der Waals surface area contributed by atoms with Gasteiger partial charge in [-0.2, -0.15) is 10.2 Å². The summed E-state index contributed by atoms with van der Waals surface area (Å²) in [6.45, 7) is 41.0. The van der Waals surface area contributed by atoms with Crippen LogP contribution in [-0.4, -0.2) is 25.1 Å². The summed E-state index contributed by atoms with van der Waals surface area (Å²) in [7, 11) is 0. The maximum Gasteiger partial charge on any atom is 0.125 e. The van der Waals surface area contributed by atoms with E-state index in [0.29, 0.717) is 0 Å². The molecule has 564 valence electrons. The summed E-state index contributed by atoms with van der Waals surface area (Å²) in [6, 6.07) is 108. The molecule has 0 unspecified atom stereocenters. The molecule has 0 N–H and O–H groups in total. The average Bonchev–Trinajstić information content (AvgIpc) is 1.71. The van der Waals surface area contributed by atoms with Crippen molar-refractivity contribution in [1.82, 2.24) is 25.1 Å². The maximum absolute atomic E-state index is 4.08. The van der Waals surface area contributed by atoms with E-state index >= 15 is 0 Å². The summed E-state index contributed by atoms with van der Waals surface area (Å²) < 4.78 is 0. The van der Waals surface area contributed by atoms with Crippen molar-refractivity contribution in [3.05, 3.63) is 423 Å². The van der Waals surface area contributed by atoms with Crippen LogP contribution in [-0.2, 0) is 6.42 Å². The molecule has 0 spiro atoms. The van der Waals surface area contributed by atoms with Crippen molar-refractivity contribution in [3.8, 4) is 44.5 Å². The smallest absolute Gasteiger partial charge is 0.125 e. The minimum absolute atomic E-state index is 0.829. The third kappa shape index (κ3) is 28.8. The second-order valence-electron chi connectivity index (χ2n) is 28.2. The number of aromatic nitrogens is 5. The fourth-order valence-corrected chi connectivity index (χ4v) is 11.9. The van der Waals surface area contributed by atoms with Crippen LogP contribution in [0.5, 0.6) is 0 Å². The summed E-state index contributed by atoms with van der Waals surface area (Å²) in [6.07, 6.45) is 6.59. The van der Waals surface area contributed by atoms with E-state index in [-0.39, 0.29) is 0 Å². The third-order valence-electron chi connectivity index (χ3n) is 18.2. The van der Waals surface area contributed by atoms with Gasteiger partial charge in [-0.3, -0.25) is 4.98 Å². The fourth-order valence-electron chi connectivity index (χ4n) is 11.9. The molecule has 16 aromatic rings. The van der Waals surface area contributed by atoms with Gasteiger partial charge < -0.3 is 0 Å². The molecular weight excluding hydrogens is 1340 g/mol. The first kappa shape index (κ1) is 86.2. The molecule has 1 aliphatic carbocycles. The predicted molar refractivity (Wildman–Crippen MR) is 483 cm³/mol. The van der Waals surface area contributed by atoms with E-state index in [1.807, 2.05) is 106 Å². The monoisotopic (exact) mass is 1460 g/mol. The molecule has 0 amide bonds. The van der Waals surface area contributed by atoms with Gasteiger partial charge in [-0.25, -0.2) is 9.97 Å². The first-order valence-electron chi connectivity index (χ1n) is 38.9. The van der Waals surface area contributed by atoms with Gasteiger partial charge >= 0.3 is 0 Å². The first-order valence-corrected chi connectivity index (χ1v) is 38.9. The van der Waals surface area contributed by atoms with Crippen molar-refractivity contribution in [1.29, 1.82) is 0 Å². The third-order valence-corrected chi connectivity index (χ3v) is 18.2. The SMILES string of the molecule is CC.CC.Cc1ccc(-c2ccc(-c3ccc(C)cc3)cc2)cc1.Cc1ccc(-c2ccc(C)cc2)cc1.Cc1ccc(C)cc1.Cc1ccc(C)nc1.Cc1ccc(C)nn1.Cc1ccc2c(c1)Cc1cc(C)ccc1-2.Cc1ccc2c(ccc3cc(C)ccc32)c1.Cc1cnc(C)nc1.c1ccc2ccccc2c1.